The van der Waals surface area contributed by atoms with Crippen molar-refractivity contribution in [2.24, 2.45) is 5.41 Å². The smallest absolute Gasteiger partial charge is 0.263 e. The standard InChI is InChI=1S/C21H27N3O3S/c1-4-12-15-13(8-21(2,3)9-14(15)25)24-20-16(12)17(22)18(28-20)19(26)23-10-11-6-5-7-27-11/h11H,4-10,22H2,1-3H3,(H,23,26)/t11-/m0/s1. The molecule has 1 atom stereocenters. The summed E-state index contributed by atoms with van der Waals surface area (Å²) in [6, 6.07) is 0. The van der Waals surface area contributed by atoms with Crippen molar-refractivity contribution in [2.45, 2.75) is 59.0 Å². The van der Waals surface area contributed by atoms with E-state index in [0.717, 1.165) is 52.9 Å². The van der Waals surface area contributed by atoms with Gasteiger partial charge in [0.05, 0.1) is 17.5 Å². The van der Waals surface area contributed by atoms with E-state index in [1.807, 2.05) is 6.92 Å². The van der Waals surface area contributed by atoms with E-state index in [0.29, 0.717) is 30.0 Å². The lowest BCUT2D eigenvalue weighted by atomic mass is 9.74. The second-order valence-corrected chi connectivity index (χ2v) is 9.58. The van der Waals surface area contributed by atoms with Crippen molar-refractivity contribution in [1.82, 2.24) is 10.3 Å². The van der Waals surface area contributed by atoms with E-state index in [9.17, 15) is 9.59 Å². The van der Waals surface area contributed by atoms with Crippen molar-refractivity contribution < 1.29 is 14.3 Å². The lowest BCUT2D eigenvalue weighted by Crippen LogP contribution is -2.31. The minimum absolute atomic E-state index is 0.0797. The average molecular weight is 402 g/mol. The molecule has 3 N–H and O–H groups in total. The quantitative estimate of drug-likeness (QED) is 0.818. The number of nitrogens with zero attached hydrogens (tertiary/aromatic N) is 1. The number of ketones is 1. The number of hydrogen-bond acceptors (Lipinski definition) is 6. The van der Waals surface area contributed by atoms with Crippen LogP contribution in [0.4, 0.5) is 5.69 Å². The van der Waals surface area contributed by atoms with Crippen LogP contribution >= 0.6 is 11.3 Å². The van der Waals surface area contributed by atoms with Crippen LogP contribution in [0.15, 0.2) is 0 Å². The van der Waals surface area contributed by atoms with Crippen LogP contribution < -0.4 is 11.1 Å². The molecule has 0 aromatic carbocycles. The molecule has 2 aromatic heterocycles. The molecule has 1 aliphatic heterocycles. The Bertz CT molecular complexity index is 958. The van der Waals surface area contributed by atoms with Crippen LogP contribution in [-0.2, 0) is 17.6 Å². The van der Waals surface area contributed by atoms with Gasteiger partial charge in [0.1, 0.15) is 9.71 Å². The fourth-order valence-electron chi connectivity index (χ4n) is 4.39. The van der Waals surface area contributed by atoms with Gasteiger partial charge in [-0.25, -0.2) is 4.98 Å². The van der Waals surface area contributed by atoms with E-state index in [2.05, 4.69) is 19.2 Å². The number of hydrogen-bond donors (Lipinski definition) is 2. The molecule has 2 aliphatic rings. The molecule has 2 aromatic rings. The summed E-state index contributed by atoms with van der Waals surface area (Å²) in [5, 5.41) is 3.72. The zero-order valence-electron chi connectivity index (χ0n) is 16.7. The van der Waals surface area contributed by atoms with Gasteiger partial charge in [-0.05, 0) is 36.7 Å². The van der Waals surface area contributed by atoms with E-state index in [1.54, 1.807) is 0 Å². The van der Waals surface area contributed by atoms with Gasteiger partial charge >= 0.3 is 0 Å². The number of carbonyl (C=O) groups is 2. The maximum absolute atomic E-state index is 12.9. The van der Waals surface area contributed by atoms with Crippen molar-refractivity contribution in [3.63, 3.8) is 0 Å². The summed E-state index contributed by atoms with van der Waals surface area (Å²) in [7, 11) is 0. The number of amides is 1. The lowest BCUT2D eigenvalue weighted by molar-refractivity contribution is 0.0861. The fourth-order valence-corrected chi connectivity index (χ4v) is 5.45. The molecule has 150 valence electrons. The Hall–Kier alpha value is -1.99. The molecule has 4 rings (SSSR count). The van der Waals surface area contributed by atoms with Crippen LogP contribution in [-0.4, -0.2) is 35.9 Å². The summed E-state index contributed by atoms with van der Waals surface area (Å²) >= 11 is 1.32. The average Bonchev–Trinajstić information content (AvgIpc) is 3.25. The predicted octanol–water partition coefficient (Wildman–Crippen LogP) is 3.50. The van der Waals surface area contributed by atoms with Gasteiger partial charge in [0.25, 0.3) is 5.91 Å². The monoisotopic (exact) mass is 401 g/mol. The number of nitrogens with one attached hydrogen (secondary N) is 1. The van der Waals surface area contributed by atoms with Crippen LogP contribution in [0.1, 0.15) is 71.3 Å². The Balaban J connectivity index is 1.74. The van der Waals surface area contributed by atoms with Crippen molar-refractivity contribution in [2.75, 3.05) is 18.9 Å². The fraction of sp³-hybridized carbons (Fsp3) is 0.571. The molecule has 0 saturated carbocycles. The molecule has 1 aliphatic carbocycles. The third-order valence-corrected chi connectivity index (χ3v) is 6.79. The second kappa shape index (κ2) is 7.12. The molecule has 6 nitrogen and oxygen atoms in total. The highest BCUT2D eigenvalue weighted by Crippen LogP contribution is 2.42. The summed E-state index contributed by atoms with van der Waals surface area (Å²) in [5.41, 5.74) is 9.25. The number of thiophene rings is 1. The summed E-state index contributed by atoms with van der Waals surface area (Å²) in [5.74, 6) is -0.0600. The Morgan fingerprint density at radius 2 is 2.18 bits per heavy atom. The van der Waals surface area contributed by atoms with Crippen LogP contribution in [0.3, 0.4) is 0 Å². The number of rotatable bonds is 4. The van der Waals surface area contributed by atoms with Crippen LogP contribution in [0.2, 0.25) is 0 Å². The predicted molar refractivity (Wildman–Crippen MR) is 111 cm³/mol. The normalized spacial score (nSPS) is 21.1. The van der Waals surface area contributed by atoms with Gasteiger partial charge in [-0.15, -0.1) is 11.3 Å². The number of pyridine rings is 1. The van der Waals surface area contributed by atoms with Gasteiger partial charge in [-0.2, -0.15) is 0 Å². The molecule has 3 heterocycles. The van der Waals surface area contributed by atoms with E-state index >= 15 is 0 Å². The van der Waals surface area contributed by atoms with Gasteiger partial charge in [-0.3, -0.25) is 9.59 Å². The topological polar surface area (TPSA) is 94.3 Å². The summed E-state index contributed by atoms with van der Waals surface area (Å²) in [6.45, 7) is 7.46. The summed E-state index contributed by atoms with van der Waals surface area (Å²) in [6.07, 6.45) is 4.04. The highest BCUT2D eigenvalue weighted by atomic mass is 32.1. The molecule has 1 fully saturated rings. The second-order valence-electron chi connectivity index (χ2n) is 8.58. The molecule has 1 saturated heterocycles. The maximum Gasteiger partial charge on any atom is 0.263 e. The molecular formula is C21H27N3O3S. The lowest BCUT2D eigenvalue weighted by Gasteiger charge is -2.30. The number of fused-ring (bicyclic) bond motifs is 2. The SMILES string of the molecule is CCc1c2c(nc3sc(C(=O)NC[C@@H]4CCCO4)c(N)c13)CC(C)(C)CC2=O. The molecule has 0 spiro atoms. The summed E-state index contributed by atoms with van der Waals surface area (Å²) in [4.78, 5) is 31.6. The molecular weight excluding hydrogens is 374 g/mol. The first-order valence-electron chi connectivity index (χ1n) is 9.97. The van der Waals surface area contributed by atoms with E-state index < -0.39 is 0 Å². The number of ether oxygens (including phenoxy) is 1. The molecule has 1 amide bonds. The Morgan fingerprint density at radius 3 is 2.86 bits per heavy atom. The van der Waals surface area contributed by atoms with Gasteiger partial charge in [0, 0.05) is 30.5 Å². The zero-order valence-corrected chi connectivity index (χ0v) is 17.5. The molecule has 7 heteroatoms. The van der Waals surface area contributed by atoms with Crippen molar-refractivity contribution in [3.05, 3.63) is 21.7 Å². The largest absolute Gasteiger partial charge is 0.397 e. The van der Waals surface area contributed by atoms with E-state index in [-0.39, 0.29) is 23.2 Å². The third kappa shape index (κ3) is 3.31. The summed E-state index contributed by atoms with van der Waals surface area (Å²) < 4.78 is 5.57. The number of aromatic nitrogens is 1. The number of anilines is 1. The molecule has 0 radical (unpaired) electrons. The number of Topliss-reactive ketones (excluding diaryl/α,β-unsaturated/α-hetero) is 1. The van der Waals surface area contributed by atoms with E-state index in [1.165, 1.54) is 11.3 Å². The van der Waals surface area contributed by atoms with Crippen LogP contribution in [0.5, 0.6) is 0 Å². The van der Waals surface area contributed by atoms with Crippen LogP contribution in [0.25, 0.3) is 10.2 Å². The highest BCUT2D eigenvalue weighted by molar-refractivity contribution is 7.21. The minimum atomic E-state index is -0.192. The van der Waals surface area contributed by atoms with Gasteiger partial charge < -0.3 is 15.8 Å². The number of nitrogens with two attached hydrogens (primary N) is 1. The first-order valence-corrected chi connectivity index (χ1v) is 10.8. The number of aryl methyl sites for hydroxylation is 1. The first-order chi connectivity index (χ1) is 13.3. The van der Waals surface area contributed by atoms with Gasteiger partial charge in [0.15, 0.2) is 5.78 Å². The molecule has 28 heavy (non-hydrogen) atoms. The van der Waals surface area contributed by atoms with Crippen LogP contribution in [0, 0.1) is 5.41 Å². The highest BCUT2D eigenvalue weighted by Gasteiger charge is 2.35. The van der Waals surface area contributed by atoms with Crippen molar-refractivity contribution in [3.8, 4) is 0 Å². The maximum atomic E-state index is 12.9. The Labute approximate surface area is 168 Å². The third-order valence-electron chi connectivity index (χ3n) is 5.69. The molecule has 0 bridgehead atoms. The number of nitrogen functional groups attached to an aromatic ring is 1. The first kappa shape index (κ1) is 19.3. The van der Waals surface area contributed by atoms with Gasteiger partial charge in [-0.1, -0.05) is 20.8 Å². The number of carbonyl (C=O) groups excluding carboxylic acids is 2. The van der Waals surface area contributed by atoms with E-state index in [4.69, 9.17) is 15.5 Å². The van der Waals surface area contributed by atoms with Gasteiger partial charge in [0.2, 0.25) is 0 Å². The zero-order chi connectivity index (χ0) is 20.1. The Kier molecular flexibility index (Phi) is 4.91. The minimum Gasteiger partial charge on any atom is -0.397 e. The Morgan fingerprint density at radius 1 is 1.39 bits per heavy atom. The van der Waals surface area contributed by atoms with Crippen molar-refractivity contribution in [1.29, 1.82) is 0 Å². The van der Waals surface area contributed by atoms with Crippen molar-refractivity contribution >= 4 is 38.9 Å². The molecule has 0 unspecified atom stereocenters.